The van der Waals surface area contributed by atoms with Crippen LogP contribution >= 0.6 is 0 Å². The van der Waals surface area contributed by atoms with Gasteiger partial charge in [0.1, 0.15) is 12.7 Å². The topological polar surface area (TPSA) is 81.8 Å². The van der Waals surface area contributed by atoms with Gasteiger partial charge in [0.15, 0.2) is 18.1 Å². The van der Waals surface area contributed by atoms with Crippen molar-refractivity contribution in [3.8, 4) is 11.5 Å². The zero-order chi connectivity index (χ0) is 18.2. The van der Waals surface area contributed by atoms with E-state index >= 15 is 0 Å². The predicted octanol–water partition coefficient (Wildman–Crippen LogP) is 1.95. The molecule has 0 N–H and O–H groups in total. The first kappa shape index (κ1) is 17.9. The maximum atomic E-state index is 12.3. The third-order valence-electron chi connectivity index (χ3n) is 4.07. The molecule has 0 radical (unpaired) electrons. The van der Waals surface area contributed by atoms with E-state index in [1.165, 1.54) is 23.8 Å². The van der Waals surface area contributed by atoms with Gasteiger partial charge in [-0.3, -0.25) is 4.79 Å². The second-order valence-corrected chi connectivity index (χ2v) is 5.96. The van der Waals surface area contributed by atoms with Crippen LogP contribution in [0.25, 0.3) is 0 Å². The quantitative estimate of drug-likeness (QED) is 0.708. The van der Waals surface area contributed by atoms with Crippen LogP contribution in [0.4, 0.5) is 0 Å². The van der Waals surface area contributed by atoms with Gasteiger partial charge in [-0.15, -0.1) is 10.2 Å². The molecule has 1 fully saturated rings. The van der Waals surface area contributed by atoms with E-state index in [4.69, 9.17) is 9.47 Å². The highest BCUT2D eigenvalue weighted by molar-refractivity contribution is 5.81. The van der Waals surface area contributed by atoms with Crippen molar-refractivity contribution in [1.29, 1.82) is 0 Å². The average molecular weight is 357 g/mol. The fraction of sp³-hybridized carbons (Fsp3) is 0.444. The predicted molar refractivity (Wildman–Crippen MR) is 96.6 cm³/mol. The molecule has 2 aromatic rings. The Morgan fingerprint density at radius 2 is 1.92 bits per heavy atom. The van der Waals surface area contributed by atoms with Gasteiger partial charge in [-0.2, -0.15) is 5.10 Å². The minimum absolute atomic E-state index is 0.0189. The summed E-state index contributed by atoms with van der Waals surface area (Å²) in [5, 5.41) is 11.6. The number of piperidine rings is 1. The molecule has 0 saturated carbocycles. The van der Waals surface area contributed by atoms with E-state index in [9.17, 15) is 4.79 Å². The van der Waals surface area contributed by atoms with E-state index in [0.29, 0.717) is 18.1 Å². The number of rotatable bonds is 7. The van der Waals surface area contributed by atoms with Crippen molar-refractivity contribution in [2.75, 3.05) is 26.3 Å². The molecule has 1 aliphatic heterocycles. The number of hydrogen-bond donors (Lipinski definition) is 0. The third-order valence-corrected chi connectivity index (χ3v) is 4.07. The summed E-state index contributed by atoms with van der Waals surface area (Å²) in [5.41, 5.74) is 0.844. The molecular formula is C18H23N5O3. The van der Waals surface area contributed by atoms with Gasteiger partial charge in [0.05, 0.1) is 12.8 Å². The Morgan fingerprint density at radius 1 is 1.15 bits per heavy atom. The molecular weight excluding hydrogens is 334 g/mol. The fourth-order valence-electron chi connectivity index (χ4n) is 2.75. The second kappa shape index (κ2) is 8.98. The lowest BCUT2D eigenvalue weighted by Crippen LogP contribution is -2.38. The molecule has 0 unspecified atom stereocenters. The lowest BCUT2D eigenvalue weighted by atomic mass is 10.1. The molecule has 8 heteroatoms. The molecule has 0 bridgehead atoms. The highest BCUT2D eigenvalue weighted by atomic mass is 16.5. The smallest absolute Gasteiger partial charge is 0.260 e. The van der Waals surface area contributed by atoms with Crippen LogP contribution in [0.1, 0.15) is 31.7 Å². The number of aromatic nitrogens is 3. The summed E-state index contributed by atoms with van der Waals surface area (Å²) < 4.78 is 12.9. The van der Waals surface area contributed by atoms with Crippen LogP contribution in [0.2, 0.25) is 0 Å². The van der Waals surface area contributed by atoms with Crippen molar-refractivity contribution in [1.82, 2.24) is 19.8 Å². The maximum Gasteiger partial charge on any atom is 0.260 e. The number of ether oxygens (including phenoxy) is 2. The normalized spacial score (nSPS) is 14.6. The summed E-state index contributed by atoms with van der Waals surface area (Å²) in [6.07, 6.45) is 8.01. The molecule has 2 heterocycles. The number of benzene rings is 1. The molecule has 1 aliphatic rings. The lowest BCUT2D eigenvalue weighted by Gasteiger charge is -2.26. The molecule has 138 valence electrons. The number of carbonyl (C=O) groups excluding carboxylic acids is 1. The molecule has 0 aliphatic carbocycles. The van der Waals surface area contributed by atoms with E-state index in [1.807, 2.05) is 24.0 Å². The molecule has 1 aromatic carbocycles. The van der Waals surface area contributed by atoms with Crippen molar-refractivity contribution < 1.29 is 14.3 Å². The van der Waals surface area contributed by atoms with Crippen molar-refractivity contribution in [3.63, 3.8) is 0 Å². The number of carbonyl (C=O) groups is 1. The van der Waals surface area contributed by atoms with Gasteiger partial charge < -0.3 is 14.4 Å². The van der Waals surface area contributed by atoms with Gasteiger partial charge in [0.25, 0.3) is 5.91 Å². The Balaban J connectivity index is 1.65. The van der Waals surface area contributed by atoms with Crippen LogP contribution in [-0.2, 0) is 4.79 Å². The Hall–Kier alpha value is -2.90. The van der Waals surface area contributed by atoms with Gasteiger partial charge in [-0.25, -0.2) is 4.68 Å². The van der Waals surface area contributed by atoms with Gasteiger partial charge in [-0.1, -0.05) is 0 Å². The zero-order valence-corrected chi connectivity index (χ0v) is 14.9. The van der Waals surface area contributed by atoms with E-state index in [-0.39, 0.29) is 12.5 Å². The molecule has 26 heavy (non-hydrogen) atoms. The molecule has 1 amide bonds. The van der Waals surface area contributed by atoms with Crippen LogP contribution in [0.15, 0.2) is 36.0 Å². The lowest BCUT2D eigenvalue weighted by molar-refractivity contribution is -0.134. The summed E-state index contributed by atoms with van der Waals surface area (Å²) in [4.78, 5) is 14.1. The van der Waals surface area contributed by atoms with Crippen LogP contribution in [-0.4, -0.2) is 58.2 Å². The summed E-state index contributed by atoms with van der Waals surface area (Å²) in [5.74, 6) is 1.16. The Labute approximate surface area is 152 Å². The first-order valence-electron chi connectivity index (χ1n) is 8.82. The Bertz CT molecular complexity index is 739. The first-order valence-corrected chi connectivity index (χ1v) is 8.82. The minimum atomic E-state index is 0.0189. The van der Waals surface area contributed by atoms with Crippen molar-refractivity contribution in [2.45, 2.75) is 26.2 Å². The summed E-state index contributed by atoms with van der Waals surface area (Å²) in [6.45, 7) is 4.06. The van der Waals surface area contributed by atoms with E-state index in [2.05, 4.69) is 15.3 Å². The average Bonchev–Trinajstić information content (AvgIpc) is 3.20. The number of nitrogens with zero attached hydrogens (tertiary/aromatic N) is 5. The molecule has 8 nitrogen and oxygen atoms in total. The number of hydrogen-bond acceptors (Lipinski definition) is 6. The largest absolute Gasteiger partial charge is 0.490 e. The molecule has 3 rings (SSSR count). The van der Waals surface area contributed by atoms with Gasteiger partial charge >= 0.3 is 0 Å². The first-order chi connectivity index (χ1) is 12.8. The van der Waals surface area contributed by atoms with Crippen molar-refractivity contribution in [3.05, 3.63) is 36.4 Å². The molecule has 1 aromatic heterocycles. The van der Waals surface area contributed by atoms with Crippen LogP contribution < -0.4 is 9.47 Å². The minimum Gasteiger partial charge on any atom is -0.490 e. The summed E-state index contributed by atoms with van der Waals surface area (Å²) in [7, 11) is 0. The van der Waals surface area contributed by atoms with E-state index < -0.39 is 0 Å². The van der Waals surface area contributed by atoms with Crippen LogP contribution in [0, 0.1) is 0 Å². The van der Waals surface area contributed by atoms with E-state index in [0.717, 1.165) is 31.5 Å². The Kier molecular flexibility index (Phi) is 6.19. The standard InChI is InChI=1S/C18H23N5O3/c1-2-25-17-10-15(11-21-23-13-19-20-14-23)6-7-16(17)26-12-18(24)22-8-4-3-5-9-22/h6-7,10-11,13-14H,2-5,8-9,12H2,1H3/b21-11-. The zero-order valence-electron chi connectivity index (χ0n) is 14.9. The second-order valence-electron chi connectivity index (χ2n) is 5.96. The summed E-state index contributed by atoms with van der Waals surface area (Å²) >= 11 is 0. The molecule has 0 atom stereocenters. The highest BCUT2D eigenvalue weighted by Crippen LogP contribution is 2.28. The van der Waals surface area contributed by atoms with Gasteiger partial charge in [0, 0.05) is 13.1 Å². The van der Waals surface area contributed by atoms with Crippen molar-refractivity contribution in [2.24, 2.45) is 5.10 Å². The van der Waals surface area contributed by atoms with Crippen molar-refractivity contribution >= 4 is 12.1 Å². The monoisotopic (exact) mass is 357 g/mol. The van der Waals surface area contributed by atoms with Crippen LogP contribution in [0.5, 0.6) is 11.5 Å². The number of likely N-dealkylation sites (tertiary alicyclic amines) is 1. The van der Waals surface area contributed by atoms with E-state index in [1.54, 1.807) is 12.3 Å². The Morgan fingerprint density at radius 3 is 2.65 bits per heavy atom. The highest BCUT2D eigenvalue weighted by Gasteiger charge is 2.17. The third kappa shape index (κ3) is 4.81. The fourth-order valence-corrected chi connectivity index (χ4v) is 2.75. The maximum absolute atomic E-state index is 12.3. The van der Waals surface area contributed by atoms with Gasteiger partial charge in [-0.05, 0) is 49.9 Å². The van der Waals surface area contributed by atoms with Gasteiger partial charge in [0.2, 0.25) is 0 Å². The molecule has 1 saturated heterocycles. The number of amides is 1. The summed E-state index contributed by atoms with van der Waals surface area (Å²) in [6, 6.07) is 5.48. The van der Waals surface area contributed by atoms with Crippen LogP contribution in [0.3, 0.4) is 0 Å². The SMILES string of the molecule is CCOc1cc(/C=N\n2cnnc2)ccc1OCC(=O)N1CCCCC1. The molecule has 0 spiro atoms.